The highest BCUT2D eigenvalue weighted by Gasteiger charge is 2.16. The summed E-state index contributed by atoms with van der Waals surface area (Å²) in [6, 6.07) is 15.5. The second-order valence-corrected chi connectivity index (χ2v) is 8.35. The lowest BCUT2D eigenvalue weighted by Crippen LogP contribution is -2.15. The van der Waals surface area contributed by atoms with Crippen LogP contribution in [0.15, 0.2) is 53.3 Å². The Morgan fingerprint density at radius 1 is 1.03 bits per heavy atom. The van der Waals surface area contributed by atoms with Crippen LogP contribution in [0.5, 0.6) is 5.75 Å². The lowest BCUT2D eigenvalue weighted by Gasteiger charge is -2.23. The van der Waals surface area contributed by atoms with Crippen molar-refractivity contribution >= 4 is 16.9 Å². The molecular formula is C26H29NO4. The van der Waals surface area contributed by atoms with E-state index in [0.717, 1.165) is 39.9 Å². The molecule has 0 bridgehead atoms. The number of nitrogens with one attached hydrogen (secondary N) is 1. The van der Waals surface area contributed by atoms with E-state index in [1.54, 1.807) is 6.07 Å². The fourth-order valence-corrected chi connectivity index (χ4v) is 4.32. The highest BCUT2D eigenvalue weighted by Crippen LogP contribution is 2.34. The minimum Gasteiger partial charge on any atom is -0.493 e. The summed E-state index contributed by atoms with van der Waals surface area (Å²) in [5.74, 6) is 1.26. The SMILES string of the molecule is COC(=O)CCc1ccc(OCC2CCCCC2)c(-c2ccc3[nH]c(=O)ccc3c2)c1. The molecule has 1 heterocycles. The molecule has 0 radical (unpaired) electrons. The Bertz CT molecular complexity index is 1110. The van der Waals surface area contributed by atoms with Crippen LogP contribution < -0.4 is 10.3 Å². The molecule has 1 aromatic heterocycles. The number of methoxy groups -OCH3 is 1. The van der Waals surface area contributed by atoms with Crippen LogP contribution in [-0.2, 0) is 16.0 Å². The minimum atomic E-state index is -0.214. The van der Waals surface area contributed by atoms with Gasteiger partial charge in [-0.1, -0.05) is 31.4 Å². The van der Waals surface area contributed by atoms with Gasteiger partial charge in [-0.05, 0) is 72.0 Å². The number of pyridine rings is 1. The predicted molar refractivity (Wildman–Crippen MR) is 122 cm³/mol. The summed E-state index contributed by atoms with van der Waals surface area (Å²) >= 11 is 0. The molecule has 5 heteroatoms. The van der Waals surface area contributed by atoms with Crippen LogP contribution in [0.25, 0.3) is 22.0 Å². The van der Waals surface area contributed by atoms with Crippen LogP contribution in [0.4, 0.5) is 0 Å². The van der Waals surface area contributed by atoms with Crippen LogP contribution in [0.1, 0.15) is 44.1 Å². The molecule has 1 aliphatic rings. The fourth-order valence-electron chi connectivity index (χ4n) is 4.32. The van der Waals surface area contributed by atoms with Gasteiger partial charge in [-0.15, -0.1) is 0 Å². The monoisotopic (exact) mass is 419 g/mol. The molecule has 4 rings (SSSR count). The van der Waals surface area contributed by atoms with E-state index in [0.29, 0.717) is 18.8 Å². The average molecular weight is 420 g/mol. The maximum atomic E-state index is 11.6. The zero-order valence-corrected chi connectivity index (χ0v) is 18.0. The molecule has 0 aliphatic heterocycles. The van der Waals surface area contributed by atoms with E-state index in [4.69, 9.17) is 9.47 Å². The Hall–Kier alpha value is -3.08. The average Bonchev–Trinajstić information content (AvgIpc) is 2.81. The normalized spacial score (nSPS) is 14.5. The van der Waals surface area contributed by atoms with Crippen molar-refractivity contribution in [3.05, 3.63) is 64.4 Å². The third kappa shape index (κ3) is 5.35. The first kappa shape index (κ1) is 21.2. The standard InChI is InChI=1S/C26H29NO4/c1-30-26(29)14-8-18-7-12-24(31-17-19-5-3-2-4-6-19)22(15-18)20-9-11-23-21(16-20)10-13-25(28)27-23/h7,9-13,15-16,19H,2-6,8,14,17H2,1H3,(H,27,28). The van der Waals surface area contributed by atoms with E-state index in [2.05, 4.69) is 17.1 Å². The first-order chi connectivity index (χ1) is 15.1. The van der Waals surface area contributed by atoms with Gasteiger partial charge in [0.15, 0.2) is 0 Å². The number of esters is 1. The molecule has 1 N–H and O–H groups in total. The first-order valence-electron chi connectivity index (χ1n) is 11.1. The second-order valence-electron chi connectivity index (χ2n) is 8.35. The number of ether oxygens (including phenoxy) is 2. The van der Waals surface area contributed by atoms with Crippen molar-refractivity contribution < 1.29 is 14.3 Å². The molecule has 1 aliphatic carbocycles. The van der Waals surface area contributed by atoms with Gasteiger partial charge in [-0.25, -0.2) is 0 Å². The number of H-pyrrole nitrogens is 1. The van der Waals surface area contributed by atoms with E-state index in [1.807, 2.05) is 30.3 Å². The molecule has 0 saturated heterocycles. The third-order valence-corrected chi connectivity index (χ3v) is 6.12. The van der Waals surface area contributed by atoms with E-state index in [9.17, 15) is 9.59 Å². The van der Waals surface area contributed by atoms with Crippen molar-refractivity contribution in [3.8, 4) is 16.9 Å². The minimum absolute atomic E-state index is 0.110. The number of aryl methyl sites for hydroxylation is 1. The zero-order valence-electron chi connectivity index (χ0n) is 18.0. The Morgan fingerprint density at radius 2 is 1.87 bits per heavy atom. The Labute approximate surface area is 182 Å². The predicted octanol–water partition coefficient (Wildman–Crippen LogP) is 5.26. The summed E-state index contributed by atoms with van der Waals surface area (Å²) in [7, 11) is 1.41. The van der Waals surface area contributed by atoms with E-state index >= 15 is 0 Å². The molecule has 5 nitrogen and oxygen atoms in total. The van der Waals surface area contributed by atoms with Gasteiger partial charge in [0.2, 0.25) is 5.56 Å². The molecule has 0 spiro atoms. The van der Waals surface area contributed by atoms with Gasteiger partial charge in [-0.2, -0.15) is 0 Å². The number of fused-ring (bicyclic) bond motifs is 1. The highest BCUT2D eigenvalue weighted by atomic mass is 16.5. The number of carbonyl (C=O) groups is 1. The van der Waals surface area contributed by atoms with Gasteiger partial charge in [-0.3, -0.25) is 9.59 Å². The summed E-state index contributed by atoms with van der Waals surface area (Å²) in [6.07, 6.45) is 7.33. The number of aromatic nitrogens is 1. The van der Waals surface area contributed by atoms with Gasteiger partial charge in [0.1, 0.15) is 5.75 Å². The largest absolute Gasteiger partial charge is 0.493 e. The smallest absolute Gasteiger partial charge is 0.305 e. The molecule has 1 saturated carbocycles. The van der Waals surface area contributed by atoms with E-state index in [-0.39, 0.29) is 11.5 Å². The highest BCUT2D eigenvalue weighted by molar-refractivity contribution is 5.85. The van der Waals surface area contributed by atoms with Crippen LogP contribution in [-0.4, -0.2) is 24.7 Å². The molecule has 0 unspecified atom stereocenters. The molecule has 31 heavy (non-hydrogen) atoms. The third-order valence-electron chi connectivity index (χ3n) is 6.12. The molecule has 3 aromatic rings. The number of benzene rings is 2. The first-order valence-corrected chi connectivity index (χ1v) is 11.1. The van der Waals surface area contributed by atoms with Crippen molar-refractivity contribution in [1.82, 2.24) is 4.98 Å². The Balaban J connectivity index is 1.64. The van der Waals surface area contributed by atoms with Crippen LogP contribution in [0, 0.1) is 5.92 Å². The van der Waals surface area contributed by atoms with Crippen molar-refractivity contribution in [2.45, 2.75) is 44.9 Å². The maximum absolute atomic E-state index is 11.6. The Kier molecular flexibility index (Phi) is 6.70. The fraction of sp³-hybridized carbons (Fsp3) is 0.385. The lowest BCUT2D eigenvalue weighted by atomic mass is 9.90. The molecule has 0 amide bonds. The van der Waals surface area contributed by atoms with Crippen LogP contribution in [0.2, 0.25) is 0 Å². The summed E-state index contributed by atoms with van der Waals surface area (Å²) in [5.41, 5.74) is 3.79. The summed E-state index contributed by atoms with van der Waals surface area (Å²) < 4.78 is 11.1. The summed E-state index contributed by atoms with van der Waals surface area (Å²) in [6.45, 7) is 0.732. The quantitative estimate of drug-likeness (QED) is 0.531. The van der Waals surface area contributed by atoms with E-state index in [1.165, 1.54) is 39.2 Å². The topological polar surface area (TPSA) is 68.4 Å². The number of rotatable bonds is 7. The number of hydrogen-bond donors (Lipinski definition) is 1. The van der Waals surface area contributed by atoms with Crippen molar-refractivity contribution in [2.75, 3.05) is 13.7 Å². The van der Waals surface area contributed by atoms with Crippen molar-refractivity contribution in [3.63, 3.8) is 0 Å². The number of hydrogen-bond acceptors (Lipinski definition) is 4. The van der Waals surface area contributed by atoms with Gasteiger partial charge < -0.3 is 14.5 Å². The van der Waals surface area contributed by atoms with Crippen LogP contribution >= 0.6 is 0 Å². The number of carbonyl (C=O) groups excluding carboxylic acids is 1. The van der Waals surface area contributed by atoms with Gasteiger partial charge in [0, 0.05) is 23.6 Å². The summed E-state index contributed by atoms with van der Waals surface area (Å²) in [5, 5.41) is 0.968. The second kappa shape index (κ2) is 9.82. The zero-order chi connectivity index (χ0) is 21.6. The summed E-state index contributed by atoms with van der Waals surface area (Å²) in [4.78, 5) is 26.1. The molecule has 2 aromatic carbocycles. The van der Waals surface area contributed by atoms with Crippen molar-refractivity contribution in [2.24, 2.45) is 5.92 Å². The van der Waals surface area contributed by atoms with Gasteiger partial charge in [0.25, 0.3) is 0 Å². The molecule has 162 valence electrons. The lowest BCUT2D eigenvalue weighted by molar-refractivity contribution is -0.140. The maximum Gasteiger partial charge on any atom is 0.305 e. The van der Waals surface area contributed by atoms with Gasteiger partial charge in [0.05, 0.1) is 13.7 Å². The van der Waals surface area contributed by atoms with Crippen molar-refractivity contribution in [1.29, 1.82) is 0 Å². The van der Waals surface area contributed by atoms with E-state index < -0.39 is 0 Å². The molecular weight excluding hydrogens is 390 g/mol. The molecule has 1 fully saturated rings. The number of aromatic amines is 1. The van der Waals surface area contributed by atoms with Gasteiger partial charge >= 0.3 is 5.97 Å². The van der Waals surface area contributed by atoms with Crippen LogP contribution in [0.3, 0.4) is 0 Å². The Morgan fingerprint density at radius 3 is 2.68 bits per heavy atom. The molecule has 0 atom stereocenters.